The van der Waals surface area contributed by atoms with Crippen molar-refractivity contribution < 1.29 is 0 Å². The maximum Gasteiger partial charge on any atom is 0.0977 e. The van der Waals surface area contributed by atoms with Gasteiger partial charge in [0.1, 0.15) is 0 Å². The first-order valence-corrected chi connectivity index (χ1v) is 9.99. The van der Waals surface area contributed by atoms with Crippen molar-refractivity contribution in [3.05, 3.63) is 12.4 Å². The molecule has 1 aliphatic rings. The summed E-state index contributed by atoms with van der Waals surface area (Å²) in [6.45, 7) is 9.18. The highest BCUT2D eigenvalue weighted by atomic mass is 15.4. The summed E-state index contributed by atoms with van der Waals surface area (Å²) < 4.78 is 0. The Bertz CT molecular complexity index is 275. The second-order valence-corrected chi connectivity index (χ2v) is 6.89. The molecule has 0 spiro atoms. The molecule has 1 atom stereocenters. The molecule has 1 unspecified atom stereocenters. The maximum atomic E-state index is 2.49. The Morgan fingerprint density at radius 1 is 0.636 bits per heavy atom. The van der Waals surface area contributed by atoms with Crippen LogP contribution in [0.2, 0.25) is 0 Å². The summed E-state index contributed by atoms with van der Waals surface area (Å²) in [6, 6.07) is 0. The third-order valence-electron chi connectivity index (χ3n) is 5.04. The van der Waals surface area contributed by atoms with E-state index in [9.17, 15) is 0 Å². The third kappa shape index (κ3) is 8.10. The molecule has 0 bridgehead atoms. The predicted molar refractivity (Wildman–Crippen MR) is 98.8 cm³/mol. The van der Waals surface area contributed by atoms with Gasteiger partial charge in [-0.1, -0.05) is 77.6 Å². The first-order valence-electron chi connectivity index (χ1n) is 9.99. The van der Waals surface area contributed by atoms with Gasteiger partial charge in [0, 0.05) is 25.5 Å². The number of hydrogen-bond acceptors (Lipinski definition) is 2. The van der Waals surface area contributed by atoms with Gasteiger partial charge >= 0.3 is 0 Å². The van der Waals surface area contributed by atoms with E-state index in [0.29, 0.717) is 6.17 Å². The fourth-order valence-electron chi connectivity index (χ4n) is 3.38. The Balaban J connectivity index is 1.82. The van der Waals surface area contributed by atoms with Gasteiger partial charge in [-0.15, -0.1) is 0 Å². The van der Waals surface area contributed by atoms with E-state index >= 15 is 0 Å². The molecule has 2 heteroatoms. The van der Waals surface area contributed by atoms with Crippen molar-refractivity contribution in [1.29, 1.82) is 0 Å². The minimum Gasteiger partial charge on any atom is -0.357 e. The van der Waals surface area contributed by atoms with Crippen LogP contribution >= 0.6 is 0 Å². The van der Waals surface area contributed by atoms with Crippen molar-refractivity contribution in [1.82, 2.24) is 9.80 Å². The van der Waals surface area contributed by atoms with Crippen molar-refractivity contribution in [2.75, 3.05) is 13.1 Å². The van der Waals surface area contributed by atoms with E-state index in [4.69, 9.17) is 0 Å². The summed E-state index contributed by atoms with van der Waals surface area (Å²) in [5.74, 6) is 0. The predicted octanol–water partition coefficient (Wildman–Crippen LogP) is 6.14. The molecule has 0 aliphatic carbocycles. The van der Waals surface area contributed by atoms with Crippen molar-refractivity contribution in [2.45, 2.75) is 104 Å². The van der Waals surface area contributed by atoms with E-state index in [0.717, 1.165) is 6.54 Å². The van der Waals surface area contributed by atoms with E-state index in [-0.39, 0.29) is 0 Å². The molecule has 130 valence electrons. The molecule has 1 aliphatic heterocycles. The van der Waals surface area contributed by atoms with E-state index in [1.54, 1.807) is 0 Å². The Labute approximate surface area is 139 Å². The lowest BCUT2D eigenvalue weighted by Crippen LogP contribution is -2.36. The number of rotatable bonds is 14. The largest absolute Gasteiger partial charge is 0.357 e. The van der Waals surface area contributed by atoms with Crippen LogP contribution in [0.1, 0.15) is 97.8 Å². The van der Waals surface area contributed by atoms with E-state index in [1.807, 2.05) is 0 Å². The molecule has 0 radical (unpaired) electrons. The monoisotopic (exact) mass is 308 g/mol. The molecule has 22 heavy (non-hydrogen) atoms. The van der Waals surface area contributed by atoms with Gasteiger partial charge in [-0.05, 0) is 20.3 Å². The first kappa shape index (κ1) is 19.4. The SMILES string of the molecule is CCCCCCCCCCCCCCN1C=CN(CC)C1C. The third-order valence-corrected chi connectivity index (χ3v) is 5.04. The number of unbranched alkanes of at least 4 members (excludes halogenated alkanes) is 11. The van der Waals surface area contributed by atoms with E-state index in [1.165, 1.54) is 83.6 Å². The van der Waals surface area contributed by atoms with Crippen molar-refractivity contribution >= 4 is 0 Å². The van der Waals surface area contributed by atoms with Crippen molar-refractivity contribution in [3.8, 4) is 0 Å². The molecule has 0 aromatic rings. The summed E-state index contributed by atoms with van der Waals surface area (Å²) in [5.41, 5.74) is 0. The molecule has 0 saturated carbocycles. The van der Waals surface area contributed by atoms with Crippen LogP contribution in [0.25, 0.3) is 0 Å². The zero-order valence-electron chi connectivity index (χ0n) is 15.5. The Kier molecular flexibility index (Phi) is 11.3. The zero-order chi connectivity index (χ0) is 16.0. The molecule has 0 amide bonds. The highest BCUT2D eigenvalue weighted by Crippen LogP contribution is 2.16. The van der Waals surface area contributed by atoms with Crippen LogP contribution in [-0.2, 0) is 0 Å². The average molecular weight is 309 g/mol. The normalized spacial score (nSPS) is 17.7. The fraction of sp³-hybridized carbons (Fsp3) is 0.900. The molecule has 0 fully saturated rings. The van der Waals surface area contributed by atoms with Gasteiger partial charge in [0.25, 0.3) is 0 Å². The molecule has 0 saturated heterocycles. The summed E-state index contributed by atoms with van der Waals surface area (Å²) >= 11 is 0. The van der Waals surface area contributed by atoms with E-state index < -0.39 is 0 Å². The summed E-state index contributed by atoms with van der Waals surface area (Å²) in [7, 11) is 0. The molecular formula is C20H40N2. The van der Waals surface area contributed by atoms with Gasteiger partial charge in [0.2, 0.25) is 0 Å². The minimum absolute atomic E-state index is 0.567. The van der Waals surface area contributed by atoms with Crippen LogP contribution < -0.4 is 0 Å². The number of nitrogens with zero attached hydrogens (tertiary/aromatic N) is 2. The Morgan fingerprint density at radius 3 is 1.55 bits per heavy atom. The summed E-state index contributed by atoms with van der Waals surface area (Å²) in [4.78, 5) is 4.89. The molecule has 1 heterocycles. The molecule has 0 aromatic carbocycles. The standard InChI is InChI=1S/C20H40N2/c1-4-6-7-8-9-10-11-12-13-14-15-16-17-22-19-18-21(5-2)20(22)3/h18-20H,4-17H2,1-3H3. The van der Waals surface area contributed by atoms with Gasteiger partial charge in [0.15, 0.2) is 0 Å². The second kappa shape index (κ2) is 12.8. The minimum atomic E-state index is 0.567. The first-order chi connectivity index (χ1) is 10.8. The van der Waals surface area contributed by atoms with Gasteiger partial charge in [-0.2, -0.15) is 0 Å². The van der Waals surface area contributed by atoms with Crippen LogP contribution in [0, 0.1) is 0 Å². The fourth-order valence-corrected chi connectivity index (χ4v) is 3.38. The smallest absolute Gasteiger partial charge is 0.0977 e. The van der Waals surface area contributed by atoms with Crippen LogP contribution in [0.15, 0.2) is 12.4 Å². The number of hydrogen-bond donors (Lipinski definition) is 0. The maximum absolute atomic E-state index is 2.49. The molecule has 0 N–H and O–H groups in total. The van der Waals surface area contributed by atoms with Gasteiger partial charge < -0.3 is 9.80 Å². The Hall–Kier alpha value is -0.660. The molecule has 0 aromatic heterocycles. The quantitative estimate of drug-likeness (QED) is 0.355. The summed E-state index contributed by atoms with van der Waals surface area (Å²) in [6.07, 6.45) is 22.3. The zero-order valence-corrected chi connectivity index (χ0v) is 15.5. The van der Waals surface area contributed by atoms with Crippen LogP contribution in [-0.4, -0.2) is 29.1 Å². The van der Waals surface area contributed by atoms with Crippen molar-refractivity contribution in [3.63, 3.8) is 0 Å². The van der Waals surface area contributed by atoms with Crippen LogP contribution in [0.3, 0.4) is 0 Å². The van der Waals surface area contributed by atoms with Crippen LogP contribution in [0.4, 0.5) is 0 Å². The second-order valence-electron chi connectivity index (χ2n) is 6.89. The average Bonchev–Trinajstić information content (AvgIpc) is 2.88. The van der Waals surface area contributed by atoms with E-state index in [2.05, 4.69) is 43.0 Å². The lowest BCUT2D eigenvalue weighted by molar-refractivity contribution is 0.173. The topological polar surface area (TPSA) is 6.48 Å². The molecule has 2 nitrogen and oxygen atoms in total. The highest BCUT2D eigenvalue weighted by Gasteiger charge is 2.19. The highest BCUT2D eigenvalue weighted by molar-refractivity contribution is 4.94. The van der Waals surface area contributed by atoms with Gasteiger partial charge in [0.05, 0.1) is 6.17 Å². The summed E-state index contributed by atoms with van der Waals surface area (Å²) in [5, 5.41) is 0. The lowest BCUT2D eigenvalue weighted by atomic mass is 10.1. The Morgan fingerprint density at radius 2 is 1.09 bits per heavy atom. The van der Waals surface area contributed by atoms with Crippen LogP contribution in [0.5, 0.6) is 0 Å². The van der Waals surface area contributed by atoms with Crippen molar-refractivity contribution in [2.24, 2.45) is 0 Å². The molecule has 1 rings (SSSR count). The molecular weight excluding hydrogens is 268 g/mol. The van der Waals surface area contributed by atoms with Gasteiger partial charge in [-0.25, -0.2) is 0 Å². The van der Waals surface area contributed by atoms with Gasteiger partial charge in [-0.3, -0.25) is 0 Å². The lowest BCUT2D eigenvalue weighted by Gasteiger charge is -2.28.